The summed E-state index contributed by atoms with van der Waals surface area (Å²) in [6.07, 6.45) is 5.35. The fourth-order valence-electron chi connectivity index (χ4n) is 1.77. The third kappa shape index (κ3) is 6.47. The molecule has 0 aliphatic rings. The van der Waals surface area contributed by atoms with Gasteiger partial charge in [-0.1, -0.05) is 47.5 Å². The predicted molar refractivity (Wildman–Crippen MR) is 92.5 cm³/mol. The van der Waals surface area contributed by atoms with Crippen LogP contribution in [0.4, 0.5) is 0 Å². The van der Waals surface area contributed by atoms with E-state index >= 15 is 0 Å². The van der Waals surface area contributed by atoms with Gasteiger partial charge >= 0.3 is 5.97 Å². The highest BCUT2D eigenvalue weighted by molar-refractivity contribution is 6.35. The molecule has 124 valence electrons. The topological polar surface area (TPSA) is 55.4 Å². The SMILES string of the molecule is C/C=C/C=C/C(=O)O[C@@H](C)C(=O)N[C@@H](C)c1ccc(Cl)cc1Cl. The zero-order valence-corrected chi connectivity index (χ0v) is 14.7. The fourth-order valence-corrected chi connectivity index (χ4v) is 2.35. The van der Waals surface area contributed by atoms with E-state index in [0.717, 1.165) is 5.56 Å². The Kier molecular flexibility index (Phi) is 7.86. The molecule has 0 aliphatic carbocycles. The fraction of sp³-hybridized carbons (Fsp3) is 0.294. The zero-order chi connectivity index (χ0) is 17.4. The van der Waals surface area contributed by atoms with E-state index < -0.39 is 18.0 Å². The van der Waals surface area contributed by atoms with Crippen LogP contribution in [0.2, 0.25) is 10.0 Å². The van der Waals surface area contributed by atoms with Gasteiger partial charge in [-0.2, -0.15) is 0 Å². The van der Waals surface area contributed by atoms with E-state index in [1.807, 2.05) is 6.92 Å². The first-order valence-electron chi connectivity index (χ1n) is 7.10. The van der Waals surface area contributed by atoms with Gasteiger partial charge in [0.1, 0.15) is 0 Å². The molecule has 1 N–H and O–H groups in total. The van der Waals surface area contributed by atoms with Crippen LogP contribution in [0.1, 0.15) is 32.4 Å². The van der Waals surface area contributed by atoms with E-state index in [0.29, 0.717) is 10.0 Å². The molecule has 0 radical (unpaired) electrons. The maximum atomic E-state index is 12.1. The van der Waals surface area contributed by atoms with Gasteiger partial charge in [-0.05, 0) is 38.5 Å². The predicted octanol–water partition coefficient (Wildman–Crippen LogP) is 4.23. The van der Waals surface area contributed by atoms with Crippen molar-refractivity contribution in [3.05, 3.63) is 58.1 Å². The molecule has 1 amide bonds. The van der Waals surface area contributed by atoms with Gasteiger partial charge in [-0.15, -0.1) is 0 Å². The van der Waals surface area contributed by atoms with Gasteiger partial charge in [-0.25, -0.2) is 4.79 Å². The molecule has 0 unspecified atom stereocenters. The number of benzene rings is 1. The first-order valence-corrected chi connectivity index (χ1v) is 7.86. The van der Waals surface area contributed by atoms with Crippen LogP contribution < -0.4 is 5.32 Å². The first kappa shape index (κ1) is 19.3. The highest BCUT2D eigenvalue weighted by Crippen LogP contribution is 2.26. The molecule has 1 rings (SSSR count). The minimum absolute atomic E-state index is 0.341. The molecule has 0 saturated heterocycles. The Morgan fingerprint density at radius 2 is 1.91 bits per heavy atom. The summed E-state index contributed by atoms with van der Waals surface area (Å²) >= 11 is 12.0. The van der Waals surface area contributed by atoms with Crippen LogP contribution in [-0.2, 0) is 14.3 Å². The van der Waals surface area contributed by atoms with Gasteiger partial charge in [0.25, 0.3) is 5.91 Å². The quantitative estimate of drug-likeness (QED) is 0.471. The summed E-state index contributed by atoms with van der Waals surface area (Å²) in [7, 11) is 0. The summed E-state index contributed by atoms with van der Waals surface area (Å²) in [5.41, 5.74) is 0.732. The molecule has 0 heterocycles. The van der Waals surface area contributed by atoms with Crippen molar-refractivity contribution < 1.29 is 14.3 Å². The van der Waals surface area contributed by atoms with Gasteiger partial charge in [0.05, 0.1) is 6.04 Å². The number of carbonyl (C=O) groups excluding carboxylic acids is 2. The largest absolute Gasteiger partial charge is 0.449 e. The minimum Gasteiger partial charge on any atom is -0.449 e. The molecule has 0 aliphatic heterocycles. The molecule has 0 saturated carbocycles. The summed E-state index contributed by atoms with van der Waals surface area (Å²) < 4.78 is 5.02. The van der Waals surface area contributed by atoms with E-state index in [-0.39, 0.29) is 6.04 Å². The molecule has 6 heteroatoms. The van der Waals surface area contributed by atoms with Crippen LogP contribution >= 0.6 is 23.2 Å². The number of carbonyl (C=O) groups is 2. The van der Waals surface area contributed by atoms with Crippen LogP contribution in [0.15, 0.2) is 42.5 Å². The maximum absolute atomic E-state index is 12.1. The average Bonchev–Trinajstić information content (AvgIpc) is 2.47. The lowest BCUT2D eigenvalue weighted by Gasteiger charge is -2.19. The van der Waals surface area contributed by atoms with Crippen molar-refractivity contribution >= 4 is 35.1 Å². The average molecular weight is 356 g/mol. The molecule has 1 aromatic rings. The Morgan fingerprint density at radius 3 is 2.52 bits per heavy atom. The van der Waals surface area contributed by atoms with Crippen molar-refractivity contribution in [3.8, 4) is 0 Å². The Labute approximate surface area is 146 Å². The second-order valence-electron chi connectivity index (χ2n) is 4.86. The Bertz CT molecular complexity index is 626. The van der Waals surface area contributed by atoms with Crippen LogP contribution in [0.5, 0.6) is 0 Å². The molecular weight excluding hydrogens is 337 g/mol. The van der Waals surface area contributed by atoms with E-state index in [4.69, 9.17) is 27.9 Å². The monoisotopic (exact) mass is 355 g/mol. The van der Waals surface area contributed by atoms with Gasteiger partial charge in [0.2, 0.25) is 0 Å². The van der Waals surface area contributed by atoms with Gasteiger partial charge in [-0.3, -0.25) is 4.79 Å². The molecule has 2 atom stereocenters. The van der Waals surface area contributed by atoms with Crippen molar-refractivity contribution in [3.63, 3.8) is 0 Å². The number of hydrogen-bond donors (Lipinski definition) is 1. The lowest BCUT2D eigenvalue weighted by atomic mass is 10.1. The van der Waals surface area contributed by atoms with E-state index in [9.17, 15) is 9.59 Å². The molecular formula is C17H19Cl2NO3. The van der Waals surface area contributed by atoms with Crippen molar-refractivity contribution in [2.24, 2.45) is 0 Å². The van der Waals surface area contributed by atoms with E-state index in [1.165, 1.54) is 13.0 Å². The third-order valence-electron chi connectivity index (χ3n) is 2.99. The maximum Gasteiger partial charge on any atom is 0.331 e. The van der Waals surface area contributed by atoms with Crippen molar-refractivity contribution in [1.82, 2.24) is 5.32 Å². The summed E-state index contributed by atoms with van der Waals surface area (Å²) in [5.74, 6) is -0.987. The second-order valence-corrected chi connectivity index (χ2v) is 5.70. The second kappa shape index (κ2) is 9.38. The highest BCUT2D eigenvalue weighted by atomic mass is 35.5. The van der Waals surface area contributed by atoms with E-state index in [1.54, 1.807) is 43.4 Å². The summed E-state index contributed by atoms with van der Waals surface area (Å²) in [6, 6.07) is 4.70. The van der Waals surface area contributed by atoms with Gasteiger partial charge in [0.15, 0.2) is 6.10 Å². The van der Waals surface area contributed by atoms with E-state index in [2.05, 4.69) is 5.32 Å². The number of rotatable bonds is 6. The third-order valence-corrected chi connectivity index (χ3v) is 3.55. The molecule has 0 fully saturated rings. The number of halogens is 2. The lowest BCUT2D eigenvalue weighted by molar-refractivity contribution is -0.150. The lowest BCUT2D eigenvalue weighted by Crippen LogP contribution is -2.37. The number of amides is 1. The van der Waals surface area contributed by atoms with Gasteiger partial charge in [0, 0.05) is 16.1 Å². The van der Waals surface area contributed by atoms with Crippen LogP contribution in [0.25, 0.3) is 0 Å². The highest BCUT2D eigenvalue weighted by Gasteiger charge is 2.20. The zero-order valence-electron chi connectivity index (χ0n) is 13.2. The Balaban J connectivity index is 2.62. The summed E-state index contributed by atoms with van der Waals surface area (Å²) in [4.78, 5) is 23.6. The molecule has 4 nitrogen and oxygen atoms in total. The smallest absolute Gasteiger partial charge is 0.331 e. The van der Waals surface area contributed by atoms with Crippen molar-refractivity contribution in [2.45, 2.75) is 32.9 Å². The van der Waals surface area contributed by atoms with Crippen LogP contribution in [0.3, 0.4) is 0 Å². The first-order chi connectivity index (χ1) is 10.8. The molecule has 23 heavy (non-hydrogen) atoms. The normalized spacial score (nSPS) is 14.0. The summed E-state index contributed by atoms with van der Waals surface area (Å²) in [6.45, 7) is 5.12. The number of ether oxygens (including phenoxy) is 1. The summed E-state index contributed by atoms with van der Waals surface area (Å²) in [5, 5.41) is 3.73. The standard InChI is InChI=1S/C17H19Cl2NO3/c1-4-5-6-7-16(21)23-12(3)17(22)20-11(2)14-9-8-13(18)10-15(14)19/h4-12H,1-3H3,(H,20,22)/b5-4+,7-6+/t11-,12-/m0/s1. The molecule has 1 aromatic carbocycles. The minimum atomic E-state index is -0.911. The number of allylic oxidation sites excluding steroid dienone is 3. The molecule has 0 bridgehead atoms. The molecule has 0 spiro atoms. The molecule has 0 aromatic heterocycles. The Hall–Kier alpha value is -1.78. The number of nitrogens with one attached hydrogen (secondary N) is 1. The van der Waals surface area contributed by atoms with Crippen LogP contribution in [-0.4, -0.2) is 18.0 Å². The van der Waals surface area contributed by atoms with Crippen molar-refractivity contribution in [2.75, 3.05) is 0 Å². The van der Waals surface area contributed by atoms with Gasteiger partial charge < -0.3 is 10.1 Å². The van der Waals surface area contributed by atoms with Crippen LogP contribution in [0, 0.1) is 0 Å². The number of esters is 1. The number of hydrogen-bond acceptors (Lipinski definition) is 3. The Morgan fingerprint density at radius 1 is 1.22 bits per heavy atom. The van der Waals surface area contributed by atoms with Crippen molar-refractivity contribution in [1.29, 1.82) is 0 Å².